The number of nitrogens with one attached hydrogen (secondary N) is 1. The smallest absolute Gasteiger partial charge is 0.264 e. The van der Waals surface area contributed by atoms with Crippen molar-refractivity contribution in [3.63, 3.8) is 0 Å². The third-order valence-electron chi connectivity index (χ3n) is 7.37. The Labute approximate surface area is 229 Å². The Morgan fingerprint density at radius 1 is 1.02 bits per heavy atom. The number of carbonyl (C=O) groups excluding carboxylic acids is 1. The Kier molecular flexibility index (Phi) is 8.17. The van der Waals surface area contributed by atoms with Gasteiger partial charge < -0.3 is 24.8 Å². The highest BCUT2D eigenvalue weighted by Crippen LogP contribution is 2.36. The number of hydrogen-bond acceptors (Lipinski definition) is 7. The lowest BCUT2D eigenvalue weighted by atomic mass is 10.0. The topological polar surface area (TPSA) is 73.8 Å². The lowest BCUT2D eigenvalue weighted by Gasteiger charge is -2.39. The number of likely N-dealkylation sites (N-methyl/N-ethyl adjacent to an activating group) is 1. The molecule has 3 aromatic rings. The first-order chi connectivity index (χ1) is 19.2. The van der Waals surface area contributed by atoms with Crippen LogP contribution in [-0.4, -0.2) is 79.8 Å². The minimum atomic E-state index is -3.06. The van der Waals surface area contributed by atoms with E-state index in [1.165, 1.54) is 24.5 Å². The molecule has 0 bridgehead atoms. The Morgan fingerprint density at radius 3 is 2.42 bits per heavy atom. The molecule has 8 nitrogen and oxygen atoms in total. The molecule has 1 N–H and O–H groups in total. The maximum atomic E-state index is 15.6. The summed E-state index contributed by atoms with van der Waals surface area (Å²) in [4.78, 5) is 28.1. The Morgan fingerprint density at radius 2 is 1.75 bits per heavy atom. The number of benzene rings is 2. The van der Waals surface area contributed by atoms with E-state index in [-0.39, 0.29) is 22.9 Å². The van der Waals surface area contributed by atoms with E-state index in [1.54, 1.807) is 0 Å². The average molecular weight is 559 g/mol. The van der Waals surface area contributed by atoms with Crippen LogP contribution in [0, 0.1) is 11.6 Å². The predicted octanol–water partition coefficient (Wildman–Crippen LogP) is 4.59. The van der Waals surface area contributed by atoms with E-state index in [0.717, 1.165) is 12.1 Å². The quantitative estimate of drug-likeness (QED) is 0.444. The Bertz CT molecular complexity index is 1370. The third kappa shape index (κ3) is 5.87. The molecule has 0 aliphatic carbocycles. The van der Waals surface area contributed by atoms with Gasteiger partial charge in [0, 0.05) is 73.4 Å². The van der Waals surface area contributed by atoms with Crippen LogP contribution in [0.15, 0.2) is 42.7 Å². The number of aromatic nitrogens is 2. The summed E-state index contributed by atoms with van der Waals surface area (Å²) in [6, 6.07) is 5.57. The number of carbonyl (C=O) groups is 1. The SMILES string of the molecule is C[C@H]1CN(c2cc(F)c(-c3cnc(N4CCOCC4)nc3)cc2NC(=O)c2ccc(F)cc2C(F)F)CCN1C. The summed E-state index contributed by atoms with van der Waals surface area (Å²) < 4.78 is 61.9. The monoisotopic (exact) mass is 558 g/mol. The normalized spacial score (nSPS) is 18.3. The average Bonchev–Trinajstić information content (AvgIpc) is 2.95. The van der Waals surface area contributed by atoms with Gasteiger partial charge >= 0.3 is 0 Å². The van der Waals surface area contributed by atoms with Crippen LogP contribution in [-0.2, 0) is 4.74 Å². The molecule has 2 fully saturated rings. The molecule has 1 atom stereocenters. The molecular weight excluding hydrogens is 528 g/mol. The molecule has 5 rings (SSSR count). The predicted molar refractivity (Wildman–Crippen MR) is 144 cm³/mol. The number of halogens is 4. The Balaban J connectivity index is 1.51. The van der Waals surface area contributed by atoms with Crippen LogP contribution in [0.4, 0.5) is 34.9 Å². The fourth-order valence-electron chi connectivity index (χ4n) is 4.91. The van der Waals surface area contributed by atoms with Gasteiger partial charge in [-0.25, -0.2) is 27.5 Å². The van der Waals surface area contributed by atoms with Gasteiger partial charge in [0.25, 0.3) is 12.3 Å². The second kappa shape index (κ2) is 11.8. The van der Waals surface area contributed by atoms with Gasteiger partial charge in [0.1, 0.15) is 11.6 Å². The highest BCUT2D eigenvalue weighted by molar-refractivity contribution is 6.07. The first-order valence-corrected chi connectivity index (χ1v) is 13.0. The first-order valence-electron chi connectivity index (χ1n) is 13.0. The van der Waals surface area contributed by atoms with Crippen molar-refractivity contribution in [2.45, 2.75) is 19.4 Å². The van der Waals surface area contributed by atoms with Crippen LogP contribution in [0.5, 0.6) is 0 Å². The highest BCUT2D eigenvalue weighted by atomic mass is 19.3. The van der Waals surface area contributed by atoms with Crippen LogP contribution < -0.4 is 15.1 Å². The molecule has 2 aliphatic rings. The second-order valence-electron chi connectivity index (χ2n) is 9.98. The summed E-state index contributed by atoms with van der Waals surface area (Å²) in [6.07, 6.45) is -0.0388. The van der Waals surface area contributed by atoms with Crippen LogP contribution >= 0.6 is 0 Å². The van der Waals surface area contributed by atoms with Crippen molar-refractivity contribution in [2.24, 2.45) is 0 Å². The van der Waals surface area contributed by atoms with E-state index in [4.69, 9.17) is 4.74 Å². The number of anilines is 3. The van der Waals surface area contributed by atoms with Gasteiger partial charge in [-0.05, 0) is 44.3 Å². The van der Waals surface area contributed by atoms with Crippen molar-refractivity contribution in [1.82, 2.24) is 14.9 Å². The fourth-order valence-corrected chi connectivity index (χ4v) is 4.91. The Hall–Kier alpha value is -3.77. The molecule has 3 heterocycles. The molecule has 0 radical (unpaired) electrons. The standard InChI is InChI=1S/C28H30F4N6O2/c1-17-16-38(6-5-36(17)2)25-13-23(30)21(18-14-33-28(34-15-18)37-7-9-40-10-8-37)12-24(25)35-27(39)20-4-3-19(29)11-22(20)26(31)32/h3-4,11-15,17,26H,5-10,16H2,1-2H3,(H,35,39)/t17-/m0/s1. The van der Waals surface area contributed by atoms with Gasteiger partial charge in [-0.15, -0.1) is 0 Å². The zero-order valence-corrected chi connectivity index (χ0v) is 22.2. The lowest BCUT2D eigenvalue weighted by Crippen LogP contribution is -2.50. The van der Waals surface area contributed by atoms with Crippen molar-refractivity contribution in [3.8, 4) is 11.1 Å². The number of amides is 1. The molecule has 0 saturated carbocycles. The van der Waals surface area contributed by atoms with Crippen molar-refractivity contribution in [2.75, 3.05) is 68.1 Å². The van der Waals surface area contributed by atoms with Crippen LogP contribution in [0.2, 0.25) is 0 Å². The largest absolute Gasteiger partial charge is 0.378 e. The molecule has 40 heavy (non-hydrogen) atoms. The summed E-state index contributed by atoms with van der Waals surface area (Å²) in [7, 11) is 2.00. The maximum Gasteiger partial charge on any atom is 0.264 e. The fraction of sp³-hybridized carbons (Fsp3) is 0.393. The molecule has 0 unspecified atom stereocenters. The zero-order valence-electron chi connectivity index (χ0n) is 22.2. The van der Waals surface area contributed by atoms with Gasteiger partial charge in [0.2, 0.25) is 5.95 Å². The van der Waals surface area contributed by atoms with E-state index in [1.807, 2.05) is 23.8 Å². The second-order valence-corrected chi connectivity index (χ2v) is 9.98. The zero-order chi connectivity index (χ0) is 28.4. The van der Waals surface area contributed by atoms with Gasteiger partial charge in [0.05, 0.1) is 24.6 Å². The van der Waals surface area contributed by atoms with Crippen molar-refractivity contribution < 1.29 is 27.1 Å². The van der Waals surface area contributed by atoms with Crippen molar-refractivity contribution >= 4 is 23.2 Å². The minimum Gasteiger partial charge on any atom is -0.378 e. The van der Waals surface area contributed by atoms with Crippen LogP contribution in [0.25, 0.3) is 11.1 Å². The van der Waals surface area contributed by atoms with Crippen molar-refractivity contribution in [3.05, 3.63) is 65.5 Å². The van der Waals surface area contributed by atoms with Crippen LogP contribution in [0.3, 0.4) is 0 Å². The van der Waals surface area contributed by atoms with Gasteiger partial charge in [-0.1, -0.05) is 0 Å². The number of nitrogens with zero attached hydrogens (tertiary/aromatic N) is 5. The number of morpholine rings is 1. The number of piperazine rings is 1. The number of alkyl halides is 2. The van der Waals surface area contributed by atoms with Crippen LogP contribution in [0.1, 0.15) is 29.3 Å². The molecule has 12 heteroatoms. The molecule has 0 spiro atoms. The van der Waals surface area contributed by atoms with E-state index >= 15 is 4.39 Å². The summed E-state index contributed by atoms with van der Waals surface area (Å²) in [5, 5.41) is 2.69. The lowest BCUT2D eigenvalue weighted by molar-refractivity contribution is 0.101. The molecule has 2 aliphatic heterocycles. The number of ether oxygens (including phenoxy) is 1. The first kappa shape index (κ1) is 27.8. The van der Waals surface area contributed by atoms with Crippen molar-refractivity contribution in [1.29, 1.82) is 0 Å². The summed E-state index contributed by atoms with van der Waals surface area (Å²) in [5.74, 6) is -1.77. The minimum absolute atomic E-state index is 0.142. The molecular formula is C28H30F4N6O2. The molecule has 1 amide bonds. The summed E-state index contributed by atoms with van der Waals surface area (Å²) >= 11 is 0. The van der Waals surface area contributed by atoms with E-state index < -0.39 is 29.5 Å². The molecule has 1 aromatic heterocycles. The third-order valence-corrected chi connectivity index (χ3v) is 7.37. The van der Waals surface area contributed by atoms with E-state index in [9.17, 15) is 18.0 Å². The number of hydrogen-bond donors (Lipinski definition) is 1. The molecule has 212 valence electrons. The molecule has 2 aromatic carbocycles. The van der Waals surface area contributed by atoms with E-state index in [0.29, 0.717) is 69.2 Å². The highest BCUT2D eigenvalue weighted by Gasteiger charge is 2.26. The maximum absolute atomic E-state index is 15.6. The van der Waals surface area contributed by atoms with Gasteiger partial charge in [-0.2, -0.15) is 0 Å². The molecule has 2 saturated heterocycles. The number of rotatable bonds is 6. The summed E-state index contributed by atoms with van der Waals surface area (Å²) in [5.41, 5.74) is 0.0993. The van der Waals surface area contributed by atoms with Gasteiger partial charge in [-0.3, -0.25) is 4.79 Å². The van der Waals surface area contributed by atoms with E-state index in [2.05, 4.69) is 20.2 Å². The van der Waals surface area contributed by atoms with Gasteiger partial charge in [0.15, 0.2) is 0 Å². The summed E-state index contributed by atoms with van der Waals surface area (Å²) in [6.45, 7) is 6.30.